The van der Waals surface area contributed by atoms with Gasteiger partial charge in [-0.15, -0.1) is 0 Å². The van der Waals surface area contributed by atoms with E-state index in [0.717, 1.165) is 17.9 Å². The van der Waals surface area contributed by atoms with Gasteiger partial charge in [0.2, 0.25) is 8.32 Å². The summed E-state index contributed by atoms with van der Waals surface area (Å²) in [6, 6.07) is 7.62. The Morgan fingerprint density at radius 3 is 2.50 bits per heavy atom. The van der Waals surface area contributed by atoms with Gasteiger partial charge in [-0.05, 0) is 44.7 Å². The van der Waals surface area contributed by atoms with Crippen molar-refractivity contribution in [2.24, 2.45) is 0 Å². The van der Waals surface area contributed by atoms with E-state index in [1.807, 2.05) is 24.3 Å². The zero-order chi connectivity index (χ0) is 13.8. The molecule has 0 aliphatic rings. The average Bonchev–Trinajstić information content (AvgIpc) is 2.24. The quantitative estimate of drug-likeness (QED) is 0.644. The molecule has 3 nitrogen and oxygen atoms in total. The lowest BCUT2D eigenvalue weighted by Crippen LogP contribution is -2.50. The van der Waals surface area contributed by atoms with Crippen molar-refractivity contribution in [1.82, 2.24) is 0 Å². The second-order valence-electron chi connectivity index (χ2n) is 5.36. The summed E-state index contributed by atoms with van der Waals surface area (Å²) in [6.07, 6.45) is 0.967. The van der Waals surface area contributed by atoms with Crippen molar-refractivity contribution in [2.45, 2.75) is 45.3 Å². The molecule has 1 aromatic carbocycles. The zero-order valence-corrected chi connectivity index (χ0v) is 14.2. The number of rotatable bonds is 6. The van der Waals surface area contributed by atoms with E-state index in [0.29, 0.717) is 0 Å². The summed E-state index contributed by atoms with van der Waals surface area (Å²) in [7, 11) is -2.82. The number of anilines is 1. The monoisotopic (exact) mass is 283 g/mol. The fourth-order valence-electron chi connectivity index (χ4n) is 2.15. The molecule has 1 unspecified atom stereocenters. The maximum atomic E-state index is 6.21. The van der Waals surface area contributed by atoms with Crippen molar-refractivity contribution in [3.63, 3.8) is 0 Å². The standard InChI is InChI=1S/C13H25NO2Si2/c1-6-13(18(4,5)16-17(2)3)15-12-9-7-8-11(14)10-12/h7-10,13,17H,6,14H2,1-5H3. The van der Waals surface area contributed by atoms with Gasteiger partial charge in [0.15, 0.2) is 9.04 Å². The molecule has 0 bridgehead atoms. The van der Waals surface area contributed by atoms with Crippen LogP contribution in [0.5, 0.6) is 5.75 Å². The van der Waals surface area contributed by atoms with E-state index in [-0.39, 0.29) is 5.73 Å². The first-order valence-corrected chi connectivity index (χ1v) is 12.3. The molecule has 0 amide bonds. The first kappa shape index (κ1) is 15.3. The first-order valence-electron chi connectivity index (χ1n) is 6.55. The predicted molar refractivity (Wildman–Crippen MR) is 83.0 cm³/mol. The first-order chi connectivity index (χ1) is 8.35. The average molecular weight is 284 g/mol. The van der Waals surface area contributed by atoms with Gasteiger partial charge in [0.05, 0.1) is 0 Å². The normalized spacial score (nSPS) is 13.7. The fraction of sp³-hybridized carbons (Fsp3) is 0.538. The summed E-state index contributed by atoms with van der Waals surface area (Å²) in [4.78, 5) is 0. The van der Waals surface area contributed by atoms with Crippen LogP contribution in [0.4, 0.5) is 5.69 Å². The summed E-state index contributed by atoms with van der Waals surface area (Å²) in [5.41, 5.74) is 6.68. The molecule has 2 N–H and O–H groups in total. The molecule has 0 saturated carbocycles. The third kappa shape index (κ3) is 4.47. The molecule has 0 heterocycles. The van der Waals surface area contributed by atoms with Crippen LogP contribution in [0.1, 0.15) is 13.3 Å². The second-order valence-corrected chi connectivity index (χ2v) is 12.2. The smallest absolute Gasteiger partial charge is 0.216 e. The van der Waals surface area contributed by atoms with E-state index in [1.54, 1.807) is 0 Å². The summed E-state index contributed by atoms with van der Waals surface area (Å²) in [5, 5.41) is 0. The molecule has 1 atom stereocenters. The van der Waals surface area contributed by atoms with Crippen molar-refractivity contribution in [3.8, 4) is 5.75 Å². The molecule has 1 aromatic rings. The van der Waals surface area contributed by atoms with Gasteiger partial charge in [-0.25, -0.2) is 0 Å². The predicted octanol–water partition coefficient (Wildman–Crippen LogP) is 3.17. The van der Waals surface area contributed by atoms with Crippen LogP contribution in [-0.2, 0) is 4.12 Å². The van der Waals surface area contributed by atoms with Crippen LogP contribution in [0, 0.1) is 0 Å². The molecule has 0 aliphatic heterocycles. The Bertz CT molecular complexity index is 383. The van der Waals surface area contributed by atoms with Crippen LogP contribution in [-0.4, -0.2) is 23.1 Å². The lowest BCUT2D eigenvalue weighted by Gasteiger charge is -2.33. The van der Waals surface area contributed by atoms with Gasteiger partial charge < -0.3 is 14.6 Å². The van der Waals surface area contributed by atoms with Gasteiger partial charge in [0.1, 0.15) is 11.5 Å². The Hall–Kier alpha value is -0.786. The van der Waals surface area contributed by atoms with Crippen molar-refractivity contribution >= 4 is 23.0 Å². The van der Waals surface area contributed by atoms with Crippen LogP contribution in [0.2, 0.25) is 26.2 Å². The van der Waals surface area contributed by atoms with Crippen LogP contribution in [0.15, 0.2) is 24.3 Å². The number of nitrogens with two attached hydrogens (primary N) is 1. The minimum atomic E-state index is -1.80. The van der Waals surface area contributed by atoms with E-state index in [2.05, 4.69) is 33.1 Å². The Kier molecular flexibility index (Phi) is 5.43. The van der Waals surface area contributed by atoms with Gasteiger partial charge >= 0.3 is 0 Å². The fourth-order valence-corrected chi connectivity index (χ4v) is 9.02. The minimum Gasteiger partial charge on any atom is -0.491 e. The van der Waals surface area contributed by atoms with Crippen molar-refractivity contribution < 1.29 is 8.85 Å². The highest BCUT2D eigenvalue weighted by atomic mass is 28.4. The van der Waals surface area contributed by atoms with Crippen LogP contribution < -0.4 is 10.5 Å². The van der Waals surface area contributed by atoms with Crippen molar-refractivity contribution in [1.29, 1.82) is 0 Å². The summed E-state index contributed by atoms with van der Waals surface area (Å²) in [5.74, 6) is 0.844. The molecular weight excluding hydrogens is 258 g/mol. The molecule has 1 rings (SSSR count). The lowest BCUT2D eigenvalue weighted by atomic mass is 10.3. The Morgan fingerprint density at radius 2 is 2.00 bits per heavy atom. The van der Waals surface area contributed by atoms with Gasteiger partial charge in [0, 0.05) is 11.8 Å². The molecule has 0 fully saturated rings. The molecule has 18 heavy (non-hydrogen) atoms. The molecule has 0 radical (unpaired) electrons. The molecule has 0 saturated heterocycles. The molecular formula is C13H25NO2Si2. The van der Waals surface area contributed by atoms with Gasteiger partial charge in [-0.1, -0.05) is 13.0 Å². The van der Waals surface area contributed by atoms with E-state index >= 15 is 0 Å². The van der Waals surface area contributed by atoms with E-state index in [1.165, 1.54) is 0 Å². The summed E-state index contributed by atoms with van der Waals surface area (Å²) < 4.78 is 12.3. The highest BCUT2D eigenvalue weighted by Crippen LogP contribution is 2.23. The number of benzene rings is 1. The van der Waals surface area contributed by atoms with Crippen molar-refractivity contribution in [2.75, 3.05) is 5.73 Å². The number of ether oxygens (including phenoxy) is 1. The van der Waals surface area contributed by atoms with E-state index in [4.69, 9.17) is 14.6 Å². The number of hydrogen-bond donors (Lipinski definition) is 1. The number of nitrogen functional groups attached to an aromatic ring is 1. The summed E-state index contributed by atoms with van der Waals surface area (Å²) in [6.45, 7) is 11.0. The van der Waals surface area contributed by atoms with Crippen LogP contribution in [0.25, 0.3) is 0 Å². The Balaban J connectivity index is 2.78. The zero-order valence-electron chi connectivity index (χ0n) is 12.1. The third-order valence-electron chi connectivity index (χ3n) is 2.82. The largest absolute Gasteiger partial charge is 0.491 e. The van der Waals surface area contributed by atoms with E-state index in [9.17, 15) is 0 Å². The maximum Gasteiger partial charge on any atom is 0.216 e. The van der Waals surface area contributed by atoms with Crippen LogP contribution in [0.3, 0.4) is 0 Å². The van der Waals surface area contributed by atoms with E-state index < -0.39 is 17.4 Å². The minimum absolute atomic E-state index is 0.175. The van der Waals surface area contributed by atoms with Gasteiger partial charge in [-0.2, -0.15) is 0 Å². The SMILES string of the molecule is CCC(Oc1cccc(N)c1)[Si](C)(C)O[SiH](C)C. The Morgan fingerprint density at radius 1 is 1.33 bits per heavy atom. The van der Waals surface area contributed by atoms with Gasteiger partial charge in [0.25, 0.3) is 0 Å². The summed E-state index contributed by atoms with van der Waals surface area (Å²) >= 11 is 0. The third-order valence-corrected chi connectivity index (χ3v) is 9.21. The lowest BCUT2D eigenvalue weighted by molar-refractivity contribution is 0.245. The highest BCUT2D eigenvalue weighted by Gasteiger charge is 2.35. The molecule has 5 heteroatoms. The molecule has 0 spiro atoms. The maximum absolute atomic E-state index is 6.21. The van der Waals surface area contributed by atoms with Gasteiger partial charge in [-0.3, -0.25) is 0 Å². The Labute approximate surface area is 113 Å². The number of hydrogen-bond acceptors (Lipinski definition) is 3. The molecule has 102 valence electrons. The van der Waals surface area contributed by atoms with Crippen molar-refractivity contribution in [3.05, 3.63) is 24.3 Å². The highest BCUT2D eigenvalue weighted by molar-refractivity contribution is 6.78. The second kappa shape index (κ2) is 6.40. The topological polar surface area (TPSA) is 44.5 Å². The molecule has 0 aromatic heterocycles. The van der Waals surface area contributed by atoms with Crippen LogP contribution >= 0.6 is 0 Å². The molecule has 0 aliphatic carbocycles.